The third-order valence-electron chi connectivity index (χ3n) is 4.52. The third-order valence-corrected chi connectivity index (χ3v) is 4.52. The maximum absolute atomic E-state index is 11.1. The number of rotatable bonds is 3. The number of nitrogens with one attached hydrogen (secondary N) is 1. The Morgan fingerprint density at radius 3 is 2.80 bits per heavy atom. The van der Waals surface area contributed by atoms with Crippen molar-refractivity contribution in [1.82, 2.24) is 10.3 Å². The number of anilines is 1. The maximum Gasteiger partial charge on any atom is 0.310 e. The lowest BCUT2D eigenvalue weighted by Crippen LogP contribution is -2.41. The van der Waals surface area contributed by atoms with E-state index < -0.39 is 0 Å². The van der Waals surface area contributed by atoms with Crippen molar-refractivity contribution in [1.29, 1.82) is 0 Å². The standard InChI is InChI=1S/C14H20N4O2/c19-18(20)14-10-15-7-3-13(14)17-8-4-11(5-9-17)12-2-1-6-16-12/h3,7,10-12,16H,1-2,4-6,8-9H2. The average Bonchev–Trinajstić information content (AvgIpc) is 3.02. The van der Waals surface area contributed by atoms with Crippen LogP contribution in [0.1, 0.15) is 25.7 Å². The SMILES string of the molecule is O=[N+]([O-])c1cnccc1N1CCC(C2CCCN2)CC1. The van der Waals surface area contributed by atoms with Crippen LogP contribution < -0.4 is 10.2 Å². The second kappa shape index (κ2) is 5.75. The molecule has 2 aliphatic rings. The first-order chi connectivity index (χ1) is 9.75. The fraction of sp³-hybridized carbons (Fsp3) is 0.643. The summed E-state index contributed by atoms with van der Waals surface area (Å²) in [7, 11) is 0. The lowest BCUT2D eigenvalue weighted by atomic mass is 9.88. The van der Waals surface area contributed by atoms with Crippen molar-refractivity contribution in [3.05, 3.63) is 28.6 Å². The van der Waals surface area contributed by atoms with Crippen molar-refractivity contribution in [2.45, 2.75) is 31.7 Å². The summed E-state index contributed by atoms with van der Waals surface area (Å²) < 4.78 is 0. The number of nitrogens with zero attached hydrogens (tertiary/aromatic N) is 3. The van der Waals surface area contributed by atoms with E-state index in [0.29, 0.717) is 11.7 Å². The predicted molar refractivity (Wildman–Crippen MR) is 76.9 cm³/mol. The zero-order chi connectivity index (χ0) is 13.9. The molecule has 0 radical (unpaired) electrons. The van der Waals surface area contributed by atoms with Crippen molar-refractivity contribution < 1.29 is 4.92 Å². The first kappa shape index (κ1) is 13.3. The molecular formula is C14H20N4O2. The van der Waals surface area contributed by atoms with Gasteiger partial charge < -0.3 is 10.2 Å². The zero-order valence-electron chi connectivity index (χ0n) is 11.5. The molecule has 0 aromatic carbocycles. The fourth-order valence-electron chi connectivity index (χ4n) is 3.44. The Hall–Kier alpha value is -1.69. The van der Waals surface area contributed by atoms with Crippen molar-refractivity contribution >= 4 is 11.4 Å². The molecule has 0 aliphatic carbocycles. The average molecular weight is 276 g/mol. The highest BCUT2D eigenvalue weighted by atomic mass is 16.6. The minimum atomic E-state index is -0.340. The molecule has 2 fully saturated rings. The monoisotopic (exact) mass is 276 g/mol. The van der Waals surface area contributed by atoms with Gasteiger partial charge in [-0.05, 0) is 44.2 Å². The van der Waals surface area contributed by atoms with Gasteiger partial charge in [-0.25, -0.2) is 0 Å². The second-order valence-electron chi connectivity index (χ2n) is 5.65. The molecule has 2 saturated heterocycles. The van der Waals surface area contributed by atoms with Gasteiger partial charge in [-0.3, -0.25) is 15.1 Å². The van der Waals surface area contributed by atoms with Gasteiger partial charge in [0.1, 0.15) is 11.9 Å². The highest BCUT2D eigenvalue weighted by molar-refractivity contribution is 5.61. The smallest absolute Gasteiger partial charge is 0.310 e. The molecule has 1 aromatic heterocycles. The maximum atomic E-state index is 11.1. The lowest BCUT2D eigenvalue weighted by Gasteiger charge is -2.35. The van der Waals surface area contributed by atoms with Crippen molar-refractivity contribution in [2.24, 2.45) is 5.92 Å². The normalized spacial score (nSPS) is 24.0. The molecule has 1 unspecified atom stereocenters. The van der Waals surface area contributed by atoms with E-state index in [-0.39, 0.29) is 10.6 Å². The van der Waals surface area contributed by atoms with Gasteiger partial charge in [-0.2, -0.15) is 0 Å². The van der Waals surface area contributed by atoms with Gasteiger partial charge >= 0.3 is 5.69 Å². The molecule has 1 aromatic rings. The predicted octanol–water partition coefficient (Wildman–Crippen LogP) is 1.96. The minimum Gasteiger partial charge on any atom is -0.366 e. The molecular weight excluding hydrogens is 256 g/mol. The van der Waals surface area contributed by atoms with Crippen LogP contribution in [0, 0.1) is 16.0 Å². The highest BCUT2D eigenvalue weighted by Gasteiger charge is 2.30. The van der Waals surface area contributed by atoms with Gasteiger partial charge in [-0.15, -0.1) is 0 Å². The van der Waals surface area contributed by atoms with Crippen LogP contribution in [0.25, 0.3) is 0 Å². The fourth-order valence-corrected chi connectivity index (χ4v) is 3.44. The molecule has 3 rings (SSSR count). The number of piperidine rings is 1. The number of aromatic nitrogens is 1. The van der Waals surface area contributed by atoms with E-state index in [1.54, 1.807) is 12.3 Å². The molecule has 2 aliphatic heterocycles. The summed E-state index contributed by atoms with van der Waals surface area (Å²) in [5, 5.41) is 14.6. The van der Waals surface area contributed by atoms with Crippen LogP contribution in [-0.4, -0.2) is 35.6 Å². The van der Waals surface area contributed by atoms with Gasteiger partial charge in [-0.1, -0.05) is 0 Å². The topological polar surface area (TPSA) is 71.3 Å². The van der Waals surface area contributed by atoms with E-state index in [4.69, 9.17) is 0 Å². The summed E-state index contributed by atoms with van der Waals surface area (Å²) in [5.74, 6) is 0.717. The second-order valence-corrected chi connectivity index (χ2v) is 5.65. The van der Waals surface area contributed by atoms with Crippen LogP contribution in [0.3, 0.4) is 0 Å². The zero-order valence-corrected chi connectivity index (χ0v) is 11.5. The van der Waals surface area contributed by atoms with E-state index in [9.17, 15) is 10.1 Å². The van der Waals surface area contributed by atoms with E-state index in [1.165, 1.54) is 19.0 Å². The Morgan fingerprint density at radius 1 is 1.35 bits per heavy atom. The number of hydrogen-bond acceptors (Lipinski definition) is 5. The molecule has 0 bridgehead atoms. The molecule has 3 heterocycles. The molecule has 20 heavy (non-hydrogen) atoms. The van der Waals surface area contributed by atoms with Gasteiger partial charge in [0, 0.05) is 25.3 Å². The van der Waals surface area contributed by atoms with Crippen molar-refractivity contribution in [2.75, 3.05) is 24.5 Å². The highest BCUT2D eigenvalue weighted by Crippen LogP contribution is 2.32. The van der Waals surface area contributed by atoms with Gasteiger partial charge in [0.2, 0.25) is 0 Å². The Bertz CT molecular complexity index is 480. The van der Waals surface area contributed by atoms with Crippen LogP contribution in [0.4, 0.5) is 11.4 Å². The summed E-state index contributed by atoms with van der Waals surface area (Å²) in [4.78, 5) is 16.7. The first-order valence-electron chi connectivity index (χ1n) is 7.32. The molecule has 0 amide bonds. The Labute approximate surface area is 118 Å². The van der Waals surface area contributed by atoms with E-state index in [0.717, 1.165) is 38.4 Å². The van der Waals surface area contributed by atoms with Crippen molar-refractivity contribution in [3.63, 3.8) is 0 Å². The summed E-state index contributed by atoms with van der Waals surface area (Å²) in [5.41, 5.74) is 0.827. The van der Waals surface area contributed by atoms with Gasteiger partial charge in [0.05, 0.1) is 4.92 Å². The van der Waals surface area contributed by atoms with Gasteiger partial charge in [0.15, 0.2) is 0 Å². The Balaban J connectivity index is 1.67. The molecule has 1 N–H and O–H groups in total. The number of nitro groups is 1. The molecule has 6 heteroatoms. The molecule has 0 spiro atoms. The van der Waals surface area contributed by atoms with Crippen LogP contribution in [0.5, 0.6) is 0 Å². The Kier molecular flexibility index (Phi) is 3.82. The minimum absolute atomic E-state index is 0.116. The first-order valence-corrected chi connectivity index (χ1v) is 7.32. The summed E-state index contributed by atoms with van der Waals surface area (Å²) >= 11 is 0. The Morgan fingerprint density at radius 2 is 2.15 bits per heavy atom. The molecule has 6 nitrogen and oxygen atoms in total. The van der Waals surface area contributed by atoms with E-state index in [1.807, 2.05) is 0 Å². The quantitative estimate of drug-likeness (QED) is 0.675. The third kappa shape index (κ3) is 2.60. The van der Waals surface area contributed by atoms with E-state index in [2.05, 4.69) is 15.2 Å². The van der Waals surface area contributed by atoms with Crippen molar-refractivity contribution in [3.8, 4) is 0 Å². The molecule has 0 saturated carbocycles. The van der Waals surface area contributed by atoms with Gasteiger partial charge in [0.25, 0.3) is 0 Å². The van der Waals surface area contributed by atoms with E-state index >= 15 is 0 Å². The number of hydrogen-bond donors (Lipinski definition) is 1. The largest absolute Gasteiger partial charge is 0.366 e. The summed E-state index contributed by atoms with van der Waals surface area (Å²) in [6.45, 7) is 2.93. The lowest BCUT2D eigenvalue weighted by molar-refractivity contribution is -0.384. The molecule has 108 valence electrons. The van der Waals surface area contributed by atoms with Crippen LogP contribution >= 0.6 is 0 Å². The van der Waals surface area contributed by atoms with Crippen LogP contribution in [0.2, 0.25) is 0 Å². The number of pyridine rings is 1. The summed E-state index contributed by atoms with van der Waals surface area (Å²) in [6.07, 6.45) is 7.75. The molecule has 1 atom stereocenters. The van der Waals surface area contributed by atoms with Crippen LogP contribution in [0.15, 0.2) is 18.5 Å². The van der Waals surface area contributed by atoms with Crippen LogP contribution in [-0.2, 0) is 0 Å². The summed E-state index contributed by atoms with van der Waals surface area (Å²) in [6, 6.07) is 2.41.